The molecule has 0 fully saturated rings. The first-order valence-corrected chi connectivity index (χ1v) is 17.0. The largest absolute Gasteiger partial charge is 0.493 e. The Hall–Kier alpha value is -5.45. The Morgan fingerprint density at radius 2 is 1.65 bits per heavy atom. The minimum Gasteiger partial charge on any atom is -0.493 e. The highest BCUT2D eigenvalue weighted by Crippen LogP contribution is 2.29. The molecule has 2 rings (SSSR count). The van der Waals surface area contributed by atoms with Crippen molar-refractivity contribution in [2.45, 2.75) is 91.3 Å². The predicted molar refractivity (Wildman–Crippen MR) is 188 cm³/mol. The maximum absolute atomic E-state index is 13.3. The van der Waals surface area contributed by atoms with Gasteiger partial charge < -0.3 is 50.3 Å². The number of furan rings is 1. The third-order valence-corrected chi connectivity index (χ3v) is 7.45. The minimum absolute atomic E-state index is 0.0352. The van der Waals surface area contributed by atoms with E-state index in [-0.39, 0.29) is 42.2 Å². The zero-order chi connectivity index (χ0) is 39.2. The normalized spacial score (nSPS) is 12.2. The van der Waals surface area contributed by atoms with E-state index in [9.17, 15) is 38.7 Å². The van der Waals surface area contributed by atoms with Gasteiger partial charge in [-0.15, -0.1) is 0 Å². The van der Waals surface area contributed by atoms with Gasteiger partial charge in [0.05, 0.1) is 30.8 Å². The number of benzene rings is 1. The van der Waals surface area contributed by atoms with Crippen LogP contribution in [0.15, 0.2) is 34.7 Å². The van der Waals surface area contributed by atoms with Crippen molar-refractivity contribution in [3.63, 3.8) is 0 Å². The SMILES string of the molecule is CCCCCC(C(=O)NCNC(=O)c1ccc(-c2ccc(C(=O)NC(CC=O)C(=O)O)c(OCC)c2)o1)C(CC)N(C=O)OC(=O)NC(C)C.CO. The molecule has 0 spiro atoms. The Labute approximate surface area is 302 Å². The molecule has 0 aliphatic carbocycles. The van der Waals surface area contributed by atoms with Crippen molar-refractivity contribution in [1.82, 2.24) is 26.3 Å². The number of hydrogen-bond donors (Lipinski definition) is 6. The predicted octanol–water partition coefficient (Wildman–Crippen LogP) is 3.01. The van der Waals surface area contributed by atoms with Crippen LogP contribution in [0.3, 0.4) is 0 Å². The van der Waals surface area contributed by atoms with Crippen LogP contribution in [0.4, 0.5) is 4.79 Å². The smallest absolute Gasteiger partial charge is 0.431 e. The van der Waals surface area contributed by atoms with Crippen molar-refractivity contribution >= 4 is 42.5 Å². The van der Waals surface area contributed by atoms with E-state index >= 15 is 0 Å². The number of aldehydes is 1. The Bertz CT molecular complexity index is 1480. The molecule has 3 atom stereocenters. The number of carbonyl (C=O) groups excluding carboxylic acids is 6. The van der Waals surface area contributed by atoms with E-state index in [1.54, 1.807) is 27.7 Å². The van der Waals surface area contributed by atoms with Gasteiger partial charge in [0.15, 0.2) is 5.76 Å². The van der Waals surface area contributed by atoms with E-state index in [0.717, 1.165) is 25.0 Å². The fraction of sp³-hybridized carbons (Fsp3) is 0.514. The lowest BCUT2D eigenvalue weighted by Gasteiger charge is -2.32. The van der Waals surface area contributed by atoms with E-state index < -0.39 is 54.2 Å². The number of hydrogen-bond acceptors (Lipinski definition) is 11. The van der Waals surface area contributed by atoms with E-state index in [4.69, 9.17) is 19.1 Å². The van der Waals surface area contributed by atoms with Gasteiger partial charge in [-0.3, -0.25) is 19.2 Å². The van der Waals surface area contributed by atoms with Gasteiger partial charge in [-0.05, 0) is 57.9 Å². The van der Waals surface area contributed by atoms with Crippen molar-refractivity contribution in [3.05, 3.63) is 41.7 Å². The van der Waals surface area contributed by atoms with Gasteiger partial charge in [0.25, 0.3) is 11.8 Å². The molecule has 288 valence electrons. The van der Waals surface area contributed by atoms with Gasteiger partial charge in [-0.1, -0.05) is 39.2 Å². The van der Waals surface area contributed by atoms with Crippen molar-refractivity contribution in [1.29, 1.82) is 0 Å². The topological polar surface area (TPSA) is 243 Å². The summed E-state index contributed by atoms with van der Waals surface area (Å²) < 4.78 is 11.3. The molecule has 0 radical (unpaired) electrons. The second-order valence-corrected chi connectivity index (χ2v) is 11.5. The van der Waals surface area contributed by atoms with Gasteiger partial charge in [0.1, 0.15) is 23.8 Å². The standard InChI is InChI=1S/C34H47N5O11.CH4O/c1-6-9-10-11-23(26(7-2)39(20-41)50-34(47)37-21(4)5)30(42)35-19-36-32(44)28-15-14-27(49-28)22-12-13-24(29(18-22)48-8-3)31(43)38-25(16-17-40)33(45)46;1-2/h12-15,17-18,20-21,23,25-26H,6-11,16,19H2,1-5H3,(H,35,42)(H,36,44)(H,37,47)(H,38,43)(H,45,46);2H,1H3. The van der Waals surface area contributed by atoms with Crippen LogP contribution in [-0.2, 0) is 24.0 Å². The number of hydroxylamine groups is 2. The van der Waals surface area contributed by atoms with Crippen LogP contribution in [-0.4, -0.2) is 96.3 Å². The molecule has 1 aromatic carbocycles. The number of carboxylic acids is 1. The molecule has 6 N–H and O–H groups in total. The fourth-order valence-electron chi connectivity index (χ4n) is 5.02. The van der Waals surface area contributed by atoms with Gasteiger partial charge in [0, 0.05) is 25.1 Å². The Morgan fingerprint density at radius 3 is 2.23 bits per heavy atom. The summed E-state index contributed by atoms with van der Waals surface area (Å²) in [7, 11) is 1.00. The highest BCUT2D eigenvalue weighted by atomic mass is 16.7. The maximum Gasteiger partial charge on any atom is 0.431 e. The van der Waals surface area contributed by atoms with Crippen LogP contribution in [0, 0.1) is 5.92 Å². The molecule has 1 heterocycles. The Kier molecular flexibility index (Phi) is 20.5. The summed E-state index contributed by atoms with van der Waals surface area (Å²) in [4.78, 5) is 90.5. The number of amides is 5. The fourth-order valence-corrected chi connectivity index (χ4v) is 5.02. The molecular formula is C35H51N5O12. The van der Waals surface area contributed by atoms with Gasteiger partial charge in [-0.2, -0.15) is 5.06 Å². The molecular weight excluding hydrogens is 682 g/mol. The third-order valence-electron chi connectivity index (χ3n) is 7.45. The van der Waals surface area contributed by atoms with E-state index in [1.165, 1.54) is 30.3 Å². The first-order valence-electron chi connectivity index (χ1n) is 17.0. The molecule has 3 unspecified atom stereocenters. The van der Waals surface area contributed by atoms with Crippen molar-refractivity contribution in [2.75, 3.05) is 20.4 Å². The quantitative estimate of drug-likeness (QED) is 0.0443. The average Bonchev–Trinajstić information content (AvgIpc) is 3.62. The maximum atomic E-state index is 13.3. The van der Waals surface area contributed by atoms with E-state index in [0.29, 0.717) is 37.5 Å². The van der Waals surface area contributed by atoms with Gasteiger partial charge in [0.2, 0.25) is 12.3 Å². The van der Waals surface area contributed by atoms with E-state index in [2.05, 4.69) is 21.3 Å². The number of carbonyl (C=O) groups is 7. The molecule has 0 saturated carbocycles. The summed E-state index contributed by atoms with van der Waals surface area (Å²) in [6.07, 6.45) is 2.71. The zero-order valence-electron chi connectivity index (χ0n) is 30.4. The number of nitrogens with zero attached hydrogens (tertiary/aromatic N) is 1. The van der Waals surface area contributed by atoms with Crippen LogP contribution in [0.1, 0.15) is 94.1 Å². The highest BCUT2D eigenvalue weighted by molar-refractivity contribution is 6.00. The molecule has 52 heavy (non-hydrogen) atoms. The zero-order valence-corrected chi connectivity index (χ0v) is 30.4. The third kappa shape index (κ3) is 14.0. The number of carboxylic acid groups (broad SMARTS) is 1. The molecule has 0 aliphatic rings. The number of aliphatic hydroxyl groups is 1. The first-order chi connectivity index (χ1) is 24.9. The van der Waals surface area contributed by atoms with Gasteiger partial charge in [-0.25, -0.2) is 9.59 Å². The monoisotopic (exact) mass is 733 g/mol. The van der Waals surface area contributed by atoms with Crippen molar-refractivity contribution in [3.8, 4) is 17.1 Å². The molecule has 0 saturated heterocycles. The lowest BCUT2D eigenvalue weighted by Crippen LogP contribution is -2.50. The van der Waals surface area contributed by atoms with Gasteiger partial charge >= 0.3 is 12.1 Å². The minimum atomic E-state index is -1.41. The number of aliphatic hydroxyl groups excluding tert-OH is 1. The van der Waals surface area contributed by atoms with Crippen LogP contribution < -0.4 is 26.0 Å². The summed E-state index contributed by atoms with van der Waals surface area (Å²) in [6.45, 7) is 8.88. The second kappa shape index (κ2) is 23.9. The number of ether oxygens (including phenoxy) is 1. The molecule has 17 nitrogen and oxygen atoms in total. The highest BCUT2D eigenvalue weighted by Gasteiger charge is 2.33. The van der Waals surface area contributed by atoms with Crippen LogP contribution >= 0.6 is 0 Å². The van der Waals surface area contributed by atoms with Crippen LogP contribution in [0.2, 0.25) is 0 Å². The number of rotatable bonds is 22. The molecule has 2 aromatic rings. The lowest BCUT2D eigenvalue weighted by molar-refractivity contribution is -0.169. The average molecular weight is 734 g/mol. The molecule has 17 heteroatoms. The number of unbranched alkanes of at least 4 members (excludes halogenated alkanes) is 2. The van der Waals surface area contributed by atoms with Crippen LogP contribution in [0.5, 0.6) is 5.75 Å². The Balaban J connectivity index is 0.00000664. The molecule has 0 bridgehead atoms. The van der Waals surface area contributed by atoms with Crippen LogP contribution in [0.25, 0.3) is 11.3 Å². The Morgan fingerprint density at radius 1 is 0.942 bits per heavy atom. The lowest BCUT2D eigenvalue weighted by atomic mass is 9.90. The summed E-state index contributed by atoms with van der Waals surface area (Å²) in [5, 5.41) is 27.2. The van der Waals surface area contributed by atoms with E-state index in [1.807, 2.05) is 6.92 Å². The summed E-state index contributed by atoms with van der Waals surface area (Å²) in [5.41, 5.74) is 0.484. The molecule has 1 aromatic heterocycles. The molecule has 5 amide bonds. The summed E-state index contributed by atoms with van der Waals surface area (Å²) >= 11 is 0. The second-order valence-electron chi connectivity index (χ2n) is 11.5. The molecule has 0 aliphatic heterocycles. The number of aliphatic carboxylic acids is 1. The summed E-state index contributed by atoms with van der Waals surface area (Å²) in [6, 6.07) is 4.99. The summed E-state index contributed by atoms with van der Waals surface area (Å²) in [5.74, 6) is -3.62. The van der Waals surface area contributed by atoms with Crippen molar-refractivity contribution in [2.24, 2.45) is 5.92 Å². The number of nitrogens with one attached hydrogen (secondary N) is 4. The van der Waals surface area contributed by atoms with Crippen molar-refractivity contribution < 1.29 is 57.8 Å². The first kappa shape index (κ1) is 44.6.